The van der Waals surface area contributed by atoms with Crippen LogP contribution in [0, 0.1) is 12.7 Å². The highest BCUT2D eigenvalue weighted by molar-refractivity contribution is 5.92. The lowest BCUT2D eigenvalue weighted by Crippen LogP contribution is -2.44. The number of likely N-dealkylation sites (tertiary alicyclic amines) is 1. The average Bonchev–Trinajstić information content (AvgIpc) is 2.56. The monoisotopic (exact) mass is 329 g/mol. The van der Waals surface area contributed by atoms with Gasteiger partial charge in [-0.3, -0.25) is 9.59 Å². The van der Waals surface area contributed by atoms with Crippen LogP contribution in [0.2, 0.25) is 0 Å². The summed E-state index contributed by atoms with van der Waals surface area (Å²) in [5.74, 6) is -0.834. The van der Waals surface area contributed by atoms with E-state index in [1.54, 1.807) is 30.0 Å². The second-order valence-corrected chi connectivity index (χ2v) is 6.21. The number of rotatable bonds is 2. The van der Waals surface area contributed by atoms with E-state index in [0.29, 0.717) is 12.2 Å². The molecule has 6 heteroatoms. The van der Waals surface area contributed by atoms with Crippen LogP contribution in [0.4, 0.5) is 4.39 Å². The number of benzene rings is 1. The Morgan fingerprint density at radius 3 is 2.75 bits per heavy atom. The Hall–Kier alpha value is -2.50. The second kappa shape index (κ2) is 6.55. The van der Waals surface area contributed by atoms with Crippen LogP contribution in [0.25, 0.3) is 5.69 Å². The van der Waals surface area contributed by atoms with Crippen molar-refractivity contribution in [3.05, 3.63) is 57.8 Å². The Balaban J connectivity index is 2.06. The fraction of sp³-hybridized carbons (Fsp3) is 0.389. The van der Waals surface area contributed by atoms with Gasteiger partial charge in [0.15, 0.2) is 5.69 Å². The smallest absolute Gasteiger partial charge is 0.278 e. The van der Waals surface area contributed by atoms with Crippen molar-refractivity contribution in [1.82, 2.24) is 14.7 Å². The van der Waals surface area contributed by atoms with Crippen LogP contribution in [0.1, 0.15) is 42.4 Å². The van der Waals surface area contributed by atoms with E-state index in [0.717, 1.165) is 19.3 Å². The standard InChI is InChI=1S/C18H20FN3O2/c1-12-7-5-6-10-21(12)18(24)17-16(23)11-13(2)22(20-17)15-9-4-3-8-14(15)19/h3-4,8-9,11-12H,5-7,10H2,1-2H3/t12-/m0/s1. The molecule has 0 unspecified atom stereocenters. The van der Waals surface area contributed by atoms with Crippen molar-refractivity contribution < 1.29 is 9.18 Å². The molecule has 0 spiro atoms. The molecule has 0 radical (unpaired) electrons. The number of aromatic nitrogens is 2. The summed E-state index contributed by atoms with van der Waals surface area (Å²) >= 11 is 0. The number of hydrogen-bond donors (Lipinski definition) is 0. The molecule has 1 aromatic carbocycles. The quantitative estimate of drug-likeness (QED) is 0.851. The maximum atomic E-state index is 14.1. The van der Waals surface area contributed by atoms with Crippen LogP contribution in [0.5, 0.6) is 0 Å². The number of nitrogens with zero attached hydrogens (tertiary/aromatic N) is 3. The maximum Gasteiger partial charge on any atom is 0.278 e. The van der Waals surface area contributed by atoms with Crippen molar-refractivity contribution in [3.8, 4) is 5.69 Å². The molecule has 1 fully saturated rings. The van der Waals surface area contributed by atoms with Crippen molar-refractivity contribution in [2.45, 2.75) is 39.2 Å². The van der Waals surface area contributed by atoms with E-state index < -0.39 is 11.2 Å². The Kier molecular flexibility index (Phi) is 4.46. The number of carbonyl (C=O) groups excluding carboxylic acids is 1. The molecule has 1 saturated heterocycles. The number of hydrogen-bond acceptors (Lipinski definition) is 3. The summed E-state index contributed by atoms with van der Waals surface area (Å²) in [6.07, 6.45) is 2.91. The summed E-state index contributed by atoms with van der Waals surface area (Å²) in [6.45, 7) is 4.26. The average molecular weight is 329 g/mol. The molecule has 0 aliphatic carbocycles. The molecule has 0 saturated carbocycles. The maximum absolute atomic E-state index is 14.1. The molecule has 1 atom stereocenters. The zero-order valence-corrected chi connectivity index (χ0v) is 13.8. The SMILES string of the molecule is Cc1cc(=O)c(C(=O)N2CCCC[C@@H]2C)nn1-c1ccccc1F. The summed E-state index contributed by atoms with van der Waals surface area (Å²) in [5, 5.41) is 4.19. The van der Waals surface area contributed by atoms with E-state index in [1.165, 1.54) is 16.8 Å². The zero-order chi connectivity index (χ0) is 17.3. The molecule has 1 aromatic heterocycles. The van der Waals surface area contributed by atoms with Crippen LogP contribution in [0.15, 0.2) is 35.1 Å². The molecular formula is C18H20FN3O2. The number of halogens is 1. The Morgan fingerprint density at radius 1 is 1.29 bits per heavy atom. The molecule has 2 aromatic rings. The summed E-state index contributed by atoms with van der Waals surface area (Å²) in [4.78, 5) is 26.7. The van der Waals surface area contributed by atoms with Gasteiger partial charge in [-0.25, -0.2) is 9.07 Å². The lowest BCUT2D eigenvalue weighted by molar-refractivity contribution is 0.0626. The first-order chi connectivity index (χ1) is 11.5. The first-order valence-corrected chi connectivity index (χ1v) is 8.16. The second-order valence-electron chi connectivity index (χ2n) is 6.21. The van der Waals surface area contributed by atoms with Gasteiger partial charge in [-0.1, -0.05) is 12.1 Å². The molecule has 0 bridgehead atoms. The van der Waals surface area contributed by atoms with Gasteiger partial charge in [-0.2, -0.15) is 5.10 Å². The topological polar surface area (TPSA) is 55.2 Å². The summed E-state index contributed by atoms with van der Waals surface area (Å²) in [7, 11) is 0. The number of amides is 1. The molecule has 0 N–H and O–H groups in total. The lowest BCUT2D eigenvalue weighted by atomic mass is 10.0. The molecule has 1 aliphatic heterocycles. The number of carbonyl (C=O) groups is 1. The fourth-order valence-corrected chi connectivity index (χ4v) is 3.10. The third-order valence-electron chi connectivity index (χ3n) is 4.45. The van der Waals surface area contributed by atoms with Gasteiger partial charge in [0, 0.05) is 24.3 Å². The highest BCUT2D eigenvalue weighted by Gasteiger charge is 2.27. The van der Waals surface area contributed by atoms with Crippen molar-refractivity contribution >= 4 is 5.91 Å². The highest BCUT2D eigenvalue weighted by Crippen LogP contribution is 2.18. The molecule has 24 heavy (non-hydrogen) atoms. The number of para-hydroxylation sites is 1. The molecule has 1 aliphatic rings. The first-order valence-electron chi connectivity index (χ1n) is 8.16. The minimum atomic E-state index is -0.457. The predicted octanol–water partition coefficient (Wildman–Crippen LogP) is 2.69. The Bertz CT molecular complexity index is 831. The normalized spacial score (nSPS) is 17.8. The molecule has 3 rings (SSSR count). The highest BCUT2D eigenvalue weighted by atomic mass is 19.1. The van der Waals surface area contributed by atoms with Crippen LogP contribution in [-0.4, -0.2) is 33.2 Å². The summed E-state index contributed by atoms with van der Waals surface area (Å²) in [6, 6.07) is 7.57. The predicted molar refractivity (Wildman–Crippen MR) is 88.9 cm³/mol. The molecule has 126 valence electrons. The van der Waals surface area contributed by atoms with E-state index in [2.05, 4.69) is 5.10 Å². The van der Waals surface area contributed by atoms with E-state index in [4.69, 9.17) is 0 Å². The van der Waals surface area contributed by atoms with Crippen LogP contribution in [-0.2, 0) is 0 Å². The zero-order valence-electron chi connectivity index (χ0n) is 13.8. The van der Waals surface area contributed by atoms with Gasteiger partial charge in [0.05, 0.1) is 0 Å². The Morgan fingerprint density at radius 2 is 2.04 bits per heavy atom. The minimum absolute atomic E-state index is 0.0793. The van der Waals surface area contributed by atoms with Crippen molar-refractivity contribution in [2.24, 2.45) is 0 Å². The van der Waals surface area contributed by atoms with Gasteiger partial charge in [0.25, 0.3) is 5.91 Å². The van der Waals surface area contributed by atoms with Gasteiger partial charge in [0.1, 0.15) is 11.5 Å². The van der Waals surface area contributed by atoms with E-state index >= 15 is 0 Å². The molecule has 5 nitrogen and oxygen atoms in total. The fourth-order valence-electron chi connectivity index (χ4n) is 3.10. The molecule has 1 amide bonds. The van der Waals surface area contributed by atoms with Crippen molar-refractivity contribution in [2.75, 3.05) is 6.54 Å². The van der Waals surface area contributed by atoms with Crippen LogP contribution in [0.3, 0.4) is 0 Å². The lowest BCUT2D eigenvalue weighted by Gasteiger charge is -2.33. The van der Waals surface area contributed by atoms with Crippen LogP contribution >= 0.6 is 0 Å². The van der Waals surface area contributed by atoms with Gasteiger partial charge in [-0.15, -0.1) is 0 Å². The van der Waals surface area contributed by atoms with Gasteiger partial charge >= 0.3 is 0 Å². The van der Waals surface area contributed by atoms with Gasteiger partial charge in [0.2, 0.25) is 5.43 Å². The summed E-state index contributed by atoms with van der Waals surface area (Å²) in [5.41, 5.74) is 0.115. The van der Waals surface area contributed by atoms with Gasteiger partial charge in [-0.05, 0) is 45.2 Å². The number of aryl methyl sites for hydroxylation is 1. The van der Waals surface area contributed by atoms with Gasteiger partial charge < -0.3 is 4.90 Å². The Labute approximate surface area is 139 Å². The third kappa shape index (κ3) is 2.96. The first kappa shape index (κ1) is 16.4. The van der Waals surface area contributed by atoms with E-state index in [-0.39, 0.29) is 23.3 Å². The third-order valence-corrected chi connectivity index (χ3v) is 4.45. The van der Waals surface area contributed by atoms with E-state index in [9.17, 15) is 14.0 Å². The van der Waals surface area contributed by atoms with E-state index in [1.807, 2.05) is 6.92 Å². The molecular weight excluding hydrogens is 309 g/mol. The van der Waals surface area contributed by atoms with Crippen molar-refractivity contribution in [1.29, 1.82) is 0 Å². The number of piperidine rings is 1. The molecule has 2 heterocycles. The van der Waals surface area contributed by atoms with Crippen LogP contribution < -0.4 is 5.43 Å². The minimum Gasteiger partial charge on any atom is -0.334 e. The largest absolute Gasteiger partial charge is 0.334 e. The van der Waals surface area contributed by atoms with Crippen molar-refractivity contribution in [3.63, 3.8) is 0 Å². The summed E-state index contributed by atoms with van der Waals surface area (Å²) < 4.78 is 15.4.